The Labute approximate surface area is 130 Å². The average Bonchev–Trinajstić information content (AvgIpc) is 3.12. The average molecular weight is 320 g/mol. The monoisotopic (exact) mass is 320 g/mol. The van der Waals surface area contributed by atoms with E-state index in [2.05, 4.69) is 22.2 Å². The van der Waals surface area contributed by atoms with E-state index < -0.39 is 10.0 Å². The van der Waals surface area contributed by atoms with Gasteiger partial charge in [0.2, 0.25) is 15.9 Å². The van der Waals surface area contributed by atoms with Crippen molar-refractivity contribution in [3.8, 4) is 0 Å². The molecule has 0 radical (unpaired) electrons. The molecule has 118 valence electrons. The minimum absolute atomic E-state index is 0.0386. The Morgan fingerprint density at radius 1 is 1.14 bits per heavy atom. The number of hydrogen-bond acceptors (Lipinski definition) is 3. The van der Waals surface area contributed by atoms with Crippen LogP contribution in [-0.4, -0.2) is 20.4 Å². The highest BCUT2D eigenvalue weighted by Crippen LogP contribution is 2.23. The van der Waals surface area contributed by atoms with E-state index >= 15 is 0 Å². The second-order valence-electron chi connectivity index (χ2n) is 5.94. The normalized spacial score (nSPS) is 21.0. The number of nitrogens with one attached hydrogen (secondary N) is 2. The molecule has 1 aromatic carbocycles. The van der Waals surface area contributed by atoms with Crippen molar-refractivity contribution in [1.29, 1.82) is 0 Å². The van der Waals surface area contributed by atoms with Crippen LogP contribution in [0.2, 0.25) is 0 Å². The molecule has 0 saturated heterocycles. The van der Waals surface area contributed by atoms with Crippen LogP contribution in [0, 0.1) is 5.92 Å². The fraction of sp³-hybridized carbons (Fsp3) is 0.438. The summed E-state index contributed by atoms with van der Waals surface area (Å²) >= 11 is 0. The highest BCUT2D eigenvalue weighted by Gasteiger charge is 2.27. The molecular weight excluding hydrogens is 300 g/mol. The van der Waals surface area contributed by atoms with Crippen LogP contribution in [0.3, 0.4) is 0 Å². The zero-order valence-corrected chi connectivity index (χ0v) is 13.1. The maximum Gasteiger partial charge on any atom is 0.240 e. The molecule has 6 heteroatoms. The van der Waals surface area contributed by atoms with Gasteiger partial charge in [0.25, 0.3) is 0 Å². The molecule has 2 aliphatic rings. The third-order valence-electron chi connectivity index (χ3n) is 3.91. The van der Waals surface area contributed by atoms with Crippen molar-refractivity contribution in [3.05, 3.63) is 36.4 Å². The molecule has 2 aliphatic carbocycles. The van der Waals surface area contributed by atoms with Crippen LogP contribution < -0.4 is 10.0 Å². The summed E-state index contributed by atoms with van der Waals surface area (Å²) in [4.78, 5) is 12.2. The molecule has 1 amide bonds. The highest BCUT2D eigenvalue weighted by molar-refractivity contribution is 7.89. The second kappa shape index (κ2) is 6.22. The summed E-state index contributed by atoms with van der Waals surface area (Å²) < 4.78 is 26.7. The Balaban J connectivity index is 1.58. The Hall–Kier alpha value is -1.66. The van der Waals surface area contributed by atoms with Gasteiger partial charge in [0.1, 0.15) is 0 Å². The highest BCUT2D eigenvalue weighted by atomic mass is 32.2. The van der Waals surface area contributed by atoms with Crippen molar-refractivity contribution in [2.24, 2.45) is 5.92 Å². The van der Waals surface area contributed by atoms with Crippen LogP contribution in [0.25, 0.3) is 0 Å². The number of carbonyl (C=O) groups is 1. The van der Waals surface area contributed by atoms with Gasteiger partial charge in [0.05, 0.1) is 4.90 Å². The molecule has 0 aliphatic heterocycles. The standard InChI is InChI=1S/C16H20N2O3S/c19-16(11-12-3-1-2-4-12)17-13-7-9-15(10-8-13)22(20,21)18-14-5-6-14/h1,3,7-10,12,14,18H,2,4-6,11H2,(H,17,19)/t12-/m1/s1. The number of amides is 1. The van der Waals surface area contributed by atoms with Crippen molar-refractivity contribution in [2.45, 2.75) is 43.0 Å². The van der Waals surface area contributed by atoms with Crippen molar-refractivity contribution in [2.75, 3.05) is 5.32 Å². The van der Waals surface area contributed by atoms with Crippen LogP contribution in [0.4, 0.5) is 5.69 Å². The smallest absolute Gasteiger partial charge is 0.240 e. The van der Waals surface area contributed by atoms with Gasteiger partial charge in [-0.15, -0.1) is 0 Å². The van der Waals surface area contributed by atoms with E-state index in [0.29, 0.717) is 18.0 Å². The van der Waals surface area contributed by atoms with Crippen LogP contribution in [0.1, 0.15) is 32.1 Å². The summed E-state index contributed by atoms with van der Waals surface area (Å²) in [6.45, 7) is 0. The lowest BCUT2D eigenvalue weighted by Gasteiger charge is -2.10. The summed E-state index contributed by atoms with van der Waals surface area (Å²) in [6.07, 6.45) is 8.53. The van der Waals surface area contributed by atoms with Gasteiger partial charge in [-0.25, -0.2) is 13.1 Å². The van der Waals surface area contributed by atoms with Crippen LogP contribution >= 0.6 is 0 Å². The lowest BCUT2D eigenvalue weighted by molar-refractivity contribution is -0.116. The maximum absolute atomic E-state index is 12.0. The first kappa shape index (κ1) is 15.2. The van der Waals surface area contributed by atoms with Crippen molar-refractivity contribution in [3.63, 3.8) is 0 Å². The van der Waals surface area contributed by atoms with E-state index in [1.54, 1.807) is 12.1 Å². The van der Waals surface area contributed by atoms with E-state index in [4.69, 9.17) is 0 Å². The van der Waals surface area contributed by atoms with Gasteiger partial charge in [-0.2, -0.15) is 0 Å². The van der Waals surface area contributed by atoms with E-state index in [0.717, 1.165) is 25.7 Å². The van der Waals surface area contributed by atoms with Gasteiger partial charge < -0.3 is 5.32 Å². The number of carbonyl (C=O) groups excluding carboxylic acids is 1. The lowest BCUT2D eigenvalue weighted by atomic mass is 10.1. The third-order valence-corrected chi connectivity index (χ3v) is 5.44. The van der Waals surface area contributed by atoms with Gasteiger partial charge in [-0.05, 0) is 55.9 Å². The van der Waals surface area contributed by atoms with E-state index in [1.165, 1.54) is 12.1 Å². The van der Waals surface area contributed by atoms with Crippen molar-refractivity contribution in [1.82, 2.24) is 4.72 Å². The van der Waals surface area contributed by atoms with Gasteiger partial charge in [0.15, 0.2) is 0 Å². The van der Waals surface area contributed by atoms with Gasteiger partial charge in [-0.1, -0.05) is 12.2 Å². The van der Waals surface area contributed by atoms with E-state index in [9.17, 15) is 13.2 Å². The summed E-state index contributed by atoms with van der Waals surface area (Å²) in [5.41, 5.74) is 0.623. The molecule has 2 N–H and O–H groups in total. The van der Waals surface area contributed by atoms with Crippen LogP contribution in [0.5, 0.6) is 0 Å². The third kappa shape index (κ3) is 3.96. The fourth-order valence-corrected chi connectivity index (χ4v) is 3.83. The fourth-order valence-electron chi connectivity index (χ4n) is 2.52. The summed E-state index contributed by atoms with van der Waals surface area (Å²) in [7, 11) is -3.43. The number of allylic oxidation sites excluding steroid dienone is 2. The van der Waals surface area contributed by atoms with Gasteiger partial charge in [-0.3, -0.25) is 4.79 Å². The second-order valence-corrected chi connectivity index (χ2v) is 7.65. The predicted octanol–water partition coefficient (Wildman–Crippen LogP) is 2.42. The molecule has 0 spiro atoms. The molecule has 1 atom stereocenters. The first-order valence-electron chi connectivity index (χ1n) is 7.62. The quantitative estimate of drug-likeness (QED) is 0.790. The number of sulfonamides is 1. The number of benzene rings is 1. The van der Waals surface area contributed by atoms with E-state index in [1.807, 2.05) is 0 Å². The molecular formula is C16H20N2O3S. The Kier molecular flexibility index (Phi) is 4.31. The lowest BCUT2D eigenvalue weighted by Crippen LogP contribution is -2.25. The Bertz CT molecular complexity index is 676. The SMILES string of the molecule is O=C(C[C@@H]1C=CCC1)Nc1ccc(S(=O)(=O)NC2CC2)cc1. The zero-order chi connectivity index (χ0) is 15.6. The van der Waals surface area contributed by atoms with Crippen molar-refractivity contribution >= 4 is 21.6 Å². The molecule has 1 fully saturated rings. The molecule has 5 nitrogen and oxygen atoms in total. The predicted molar refractivity (Wildman–Crippen MR) is 84.9 cm³/mol. The molecule has 22 heavy (non-hydrogen) atoms. The zero-order valence-electron chi connectivity index (χ0n) is 12.3. The first-order chi connectivity index (χ1) is 10.5. The number of anilines is 1. The summed E-state index contributed by atoms with van der Waals surface area (Å²) in [5.74, 6) is 0.283. The number of hydrogen-bond donors (Lipinski definition) is 2. The summed E-state index contributed by atoms with van der Waals surface area (Å²) in [6, 6.07) is 6.39. The Morgan fingerprint density at radius 3 is 2.45 bits per heavy atom. The molecule has 0 bridgehead atoms. The van der Waals surface area contributed by atoms with Crippen LogP contribution in [0.15, 0.2) is 41.3 Å². The first-order valence-corrected chi connectivity index (χ1v) is 9.10. The van der Waals surface area contributed by atoms with E-state index in [-0.39, 0.29) is 16.8 Å². The molecule has 0 heterocycles. The minimum atomic E-state index is -3.43. The summed E-state index contributed by atoms with van der Waals surface area (Å²) in [5, 5.41) is 2.81. The largest absolute Gasteiger partial charge is 0.326 e. The molecule has 0 aromatic heterocycles. The van der Waals surface area contributed by atoms with Crippen molar-refractivity contribution < 1.29 is 13.2 Å². The number of rotatable bonds is 6. The molecule has 0 unspecified atom stereocenters. The maximum atomic E-state index is 12.0. The molecule has 1 aromatic rings. The van der Waals surface area contributed by atoms with Gasteiger partial charge in [0, 0.05) is 18.2 Å². The Morgan fingerprint density at radius 2 is 1.86 bits per heavy atom. The van der Waals surface area contributed by atoms with Crippen LogP contribution in [-0.2, 0) is 14.8 Å². The minimum Gasteiger partial charge on any atom is -0.326 e. The van der Waals surface area contributed by atoms with Gasteiger partial charge >= 0.3 is 0 Å². The topological polar surface area (TPSA) is 75.3 Å². The molecule has 3 rings (SSSR count). The molecule has 1 saturated carbocycles.